The van der Waals surface area contributed by atoms with Crippen molar-refractivity contribution in [1.29, 1.82) is 0 Å². The average molecular weight is 282 g/mol. The molecule has 0 amide bonds. The summed E-state index contributed by atoms with van der Waals surface area (Å²) in [5.74, 6) is -3.47. The number of ketones is 4. The zero-order chi connectivity index (χ0) is 15.7. The van der Waals surface area contributed by atoms with E-state index in [2.05, 4.69) is 0 Å². The molecule has 0 radical (unpaired) electrons. The minimum Gasteiger partial charge on any atom is -0.299 e. The molecule has 0 fully saturated rings. The van der Waals surface area contributed by atoms with Gasteiger partial charge in [0.25, 0.3) is 0 Å². The van der Waals surface area contributed by atoms with E-state index < -0.39 is 23.4 Å². The standard InChI is InChI=1S/C16H26O4/c1-5-9-13(17)11(7-3)15(19)16(20)12(8-4)14(18)10-6-2/h11-12H,5-10H2,1-4H3/t11-,12-/m1/s1. The summed E-state index contributed by atoms with van der Waals surface area (Å²) in [6.07, 6.45) is 2.56. The highest BCUT2D eigenvalue weighted by atomic mass is 16.2. The highest BCUT2D eigenvalue weighted by Crippen LogP contribution is 2.17. The molecular weight excluding hydrogens is 256 g/mol. The van der Waals surface area contributed by atoms with E-state index in [1.165, 1.54) is 0 Å². The van der Waals surface area contributed by atoms with Gasteiger partial charge in [-0.1, -0.05) is 27.7 Å². The first-order valence-electron chi connectivity index (χ1n) is 7.57. The molecule has 0 aliphatic rings. The molecule has 0 aromatic carbocycles. The predicted octanol–water partition coefficient (Wildman–Crippen LogP) is 2.92. The quantitative estimate of drug-likeness (QED) is 0.431. The van der Waals surface area contributed by atoms with E-state index in [1.807, 2.05) is 13.8 Å². The van der Waals surface area contributed by atoms with Gasteiger partial charge >= 0.3 is 0 Å². The summed E-state index contributed by atoms with van der Waals surface area (Å²) in [6.45, 7) is 7.16. The number of hydrogen-bond donors (Lipinski definition) is 0. The van der Waals surface area contributed by atoms with Crippen LogP contribution >= 0.6 is 0 Å². The summed E-state index contributed by atoms with van der Waals surface area (Å²) < 4.78 is 0. The maximum atomic E-state index is 12.2. The molecule has 0 aromatic rings. The second-order valence-electron chi connectivity index (χ2n) is 5.08. The third kappa shape index (κ3) is 4.99. The second-order valence-corrected chi connectivity index (χ2v) is 5.08. The van der Waals surface area contributed by atoms with E-state index >= 15 is 0 Å². The number of Topliss-reactive ketones (excluding diaryl/α,β-unsaturated/α-hetero) is 4. The summed E-state index contributed by atoms with van der Waals surface area (Å²) in [4.78, 5) is 48.1. The molecule has 20 heavy (non-hydrogen) atoms. The molecule has 4 heteroatoms. The number of rotatable bonds is 11. The van der Waals surface area contributed by atoms with Gasteiger partial charge in [0.1, 0.15) is 11.6 Å². The summed E-state index contributed by atoms with van der Waals surface area (Å²) in [5.41, 5.74) is 0. The van der Waals surface area contributed by atoms with E-state index in [1.54, 1.807) is 13.8 Å². The Hall–Kier alpha value is -1.32. The van der Waals surface area contributed by atoms with Crippen molar-refractivity contribution in [3.05, 3.63) is 0 Å². The van der Waals surface area contributed by atoms with Crippen molar-refractivity contribution in [1.82, 2.24) is 0 Å². The first kappa shape index (κ1) is 18.7. The Morgan fingerprint density at radius 1 is 0.650 bits per heavy atom. The fourth-order valence-electron chi connectivity index (χ4n) is 2.30. The number of carbonyl (C=O) groups is 4. The van der Waals surface area contributed by atoms with Gasteiger partial charge in [0.15, 0.2) is 0 Å². The van der Waals surface area contributed by atoms with Crippen molar-refractivity contribution in [3.8, 4) is 0 Å². The van der Waals surface area contributed by atoms with Crippen LogP contribution in [0.25, 0.3) is 0 Å². The highest BCUT2D eigenvalue weighted by Gasteiger charge is 2.35. The maximum Gasteiger partial charge on any atom is 0.209 e. The molecule has 0 heterocycles. The van der Waals surface area contributed by atoms with Crippen LogP contribution in [-0.4, -0.2) is 23.1 Å². The fourth-order valence-corrected chi connectivity index (χ4v) is 2.30. The molecular formula is C16H26O4. The Morgan fingerprint density at radius 3 is 1.15 bits per heavy atom. The molecule has 2 atom stereocenters. The smallest absolute Gasteiger partial charge is 0.209 e. The number of carbonyl (C=O) groups excluding carboxylic acids is 4. The first-order chi connectivity index (χ1) is 9.44. The lowest BCUT2D eigenvalue weighted by Crippen LogP contribution is -2.36. The molecule has 0 saturated heterocycles. The van der Waals surface area contributed by atoms with Crippen molar-refractivity contribution in [3.63, 3.8) is 0 Å². The molecule has 0 saturated carbocycles. The molecule has 0 spiro atoms. The molecule has 0 aliphatic heterocycles. The maximum absolute atomic E-state index is 12.2. The van der Waals surface area contributed by atoms with Crippen molar-refractivity contribution in [2.45, 2.75) is 66.2 Å². The fraction of sp³-hybridized carbons (Fsp3) is 0.750. The summed E-state index contributed by atoms with van der Waals surface area (Å²) in [7, 11) is 0. The molecule has 4 nitrogen and oxygen atoms in total. The molecule has 0 aromatic heterocycles. The third-order valence-electron chi connectivity index (χ3n) is 3.46. The number of hydrogen-bond acceptors (Lipinski definition) is 4. The molecule has 0 aliphatic carbocycles. The van der Waals surface area contributed by atoms with Crippen LogP contribution in [0, 0.1) is 11.8 Å². The Bertz CT molecular complexity index is 335. The van der Waals surface area contributed by atoms with Gasteiger partial charge in [-0.25, -0.2) is 0 Å². The molecule has 114 valence electrons. The lowest BCUT2D eigenvalue weighted by Gasteiger charge is -2.16. The highest BCUT2D eigenvalue weighted by molar-refractivity contribution is 6.44. The zero-order valence-electron chi connectivity index (χ0n) is 13.0. The summed E-state index contributed by atoms with van der Waals surface area (Å²) in [6, 6.07) is 0. The van der Waals surface area contributed by atoms with Gasteiger partial charge in [0.2, 0.25) is 11.6 Å². The van der Waals surface area contributed by atoms with E-state index in [-0.39, 0.29) is 11.6 Å². The molecule has 0 unspecified atom stereocenters. The lowest BCUT2D eigenvalue weighted by molar-refractivity contribution is -0.147. The van der Waals surface area contributed by atoms with Crippen molar-refractivity contribution >= 4 is 23.1 Å². The van der Waals surface area contributed by atoms with E-state index in [9.17, 15) is 19.2 Å². The second kappa shape index (κ2) is 9.56. The van der Waals surface area contributed by atoms with Gasteiger partial charge in [-0.05, 0) is 25.7 Å². The minimum absolute atomic E-state index is 0.189. The lowest BCUT2D eigenvalue weighted by atomic mass is 9.84. The molecule has 0 rings (SSSR count). The van der Waals surface area contributed by atoms with Crippen molar-refractivity contribution in [2.24, 2.45) is 11.8 Å². The molecule has 0 bridgehead atoms. The van der Waals surface area contributed by atoms with Crippen LogP contribution in [0.4, 0.5) is 0 Å². The summed E-state index contributed by atoms with van der Waals surface area (Å²) >= 11 is 0. The van der Waals surface area contributed by atoms with Gasteiger partial charge in [-0.3, -0.25) is 19.2 Å². The van der Waals surface area contributed by atoms with Gasteiger partial charge in [0, 0.05) is 12.8 Å². The van der Waals surface area contributed by atoms with Crippen LogP contribution < -0.4 is 0 Å². The Morgan fingerprint density at radius 2 is 0.950 bits per heavy atom. The van der Waals surface area contributed by atoms with Crippen molar-refractivity contribution in [2.75, 3.05) is 0 Å². The van der Waals surface area contributed by atoms with E-state index in [0.717, 1.165) is 0 Å². The normalized spacial score (nSPS) is 13.6. The van der Waals surface area contributed by atoms with E-state index in [4.69, 9.17) is 0 Å². The van der Waals surface area contributed by atoms with Crippen LogP contribution in [0.5, 0.6) is 0 Å². The van der Waals surface area contributed by atoms with Crippen LogP contribution in [0.2, 0.25) is 0 Å². The van der Waals surface area contributed by atoms with Crippen LogP contribution in [0.15, 0.2) is 0 Å². The van der Waals surface area contributed by atoms with E-state index in [0.29, 0.717) is 38.5 Å². The Labute approximate surface area is 121 Å². The minimum atomic E-state index is -0.870. The largest absolute Gasteiger partial charge is 0.299 e. The zero-order valence-corrected chi connectivity index (χ0v) is 13.0. The summed E-state index contributed by atoms with van der Waals surface area (Å²) in [5, 5.41) is 0. The van der Waals surface area contributed by atoms with Gasteiger partial charge < -0.3 is 0 Å². The average Bonchev–Trinajstić information content (AvgIpc) is 2.40. The predicted molar refractivity (Wildman–Crippen MR) is 77.4 cm³/mol. The van der Waals surface area contributed by atoms with Crippen LogP contribution in [-0.2, 0) is 19.2 Å². The first-order valence-corrected chi connectivity index (χ1v) is 7.57. The monoisotopic (exact) mass is 282 g/mol. The van der Waals surface area contributed by atoms with Crippen LogP contribution in [0.3, 0.4) is 0 Å². The molecule has 0 N–H and O–H groups in total. The van der Waals surface area contributed by atoms with Crippen LogP contribution in [0.1, 0.15) is 66.2 Å². The Balaban J connectivity index is 4.99. The SMILES string of the molecule is CCCC(=O)[C@@H](CC)C(=O)C(=O)[C@H](CC)C(=O)CCC. The van der Waals surface area contributed by atoms with Gasteiger partial charge in [-0.15, -0.1) is 0 Å². The van der Waals surface area contributed by atoms with Gasteiger partial charge in [0.05, 0.1) is 11.8 Å². The van der Waals surface area contributed by atoms with Crippen molar-refractivity contribution < 1.29 is 19.2 Å². The topological polar surface area (TPSA) is 68.3 Å². The third-order valence-corrected chi connectivity index (χ3v) is 3.46. The van der Waals surface area contributed by atoms with Gasteiger partial charge in [-0.2, -0.15) is 0 Å². The Kier molecular flexibility index (Phi) is 8.93.